The Morgan fingerprint density at radius 1 is 1.30 bits per heavy atom. The number of alkyl halides is 3. The van der Waals surface area contributed by atoms with Gasteiger partial charge in [0.15, 0.2) is 6.04 Å². The molecule has 2 atom stereocenters. The van der Waals surface area contributed by atoms with Crippen LogP contribution in [0.2, 0.25) is 0 Å². The van der Waals surface area contributed by atoms with Crippen molar-refractivity contribution in [3.63, 3.8) is 0 Å². The minimum absolute atomic E-state index is 0.0951. The van der Waals surface area contributed by atoms with Crippen LogP contribution in [0.15, 0.2) is 0 Å². The van der Waals surface area contributed by atoms with Gasteiger partial charge in [0.25, 0.3) is 0 Å². The Morgan fingerprint density at radius 3 is 2.15 bits per heavy atom. The quantitative estimate of drug-likeness (QED) is 0.719. The summed E-state index contributed by atoms with van der Waals surface area (Å²) in [6.45, 7) is 1.01. The van der Waals surface area contributed by atoms with Crippen molar-refractivity contribution < 1.29 is 33.0 Å². The van der Waals surface area contributed by atoms with Crippen LogP contribution in [0.3, 0.4) is 0 Å². The van der Waals surface area contributed by atoms with Gasteiger partial charge in [-0.05, 0) is 19.8 Å². The molecular formula is C11H17F3N2O4. The number of nitrogens with one attached hydrogen (secondary N) is 1. The van der Waals surface area contributed by atoms with Crippen molar-refractivity contribution in [1.82, 2.24) is 10.2 Å². The van der Waals surface area contributed by atoms with Gasteiger partial charge in [-0.15, -0.1) is 0 Å². The van der Waals surface area contributed by atoms with Crippen LogP contribution in [-0.2, 0) is 4.79 Å². The fraction of sp³-hybridized carbons (Fsp3) is 0.818. The number of aliphatic carboxylic acids is 1. The Hall–Kier alpha value is -1.51. The molecule has 20 heavy (non-hydrogen) atoms. The third kappa shape index (κ3) is 4.26. The van der Waals surface area contributed by atoms with Crippen LogP contribution in [0.5, 0.6) is 0 Å². The van der Waals surface area contributed by atoms with Crippen LogP contribution in [-0.4, -0.2) is 58.5 Å². The number of halogens is 3. The van der Waals surface area contributed by atoms with Gasteiger partial charge in [-0.2, -0.15) is 13.2 Å². The number of amides is 2. The molecule has 0 aliphatic carbocycles. The third-order valence-electron chi connectivity index (χ3n) is 3.27. The van der Waals surface area contributed by atoms with Gasteiger partial charge in [0.05, 0.1) is 12.0 Å². The van der Waals surface area contributed by atoms with Crippen LogP contribution < -0.4 is 5.32 Å². The van der Waals surface area contributed by atoms with Crippen LogP contribution in [0.1, 0.15) is 19.8 Å². The maximum atomic E-state index is 12.5. The normalized spacial score (nSPS) is 20.4. The summed E-state index contributed by atoms with van der Waals surface area (Å²) in [5.74, 6) is -2.84. The molecule has 1 rings (SSSR count). The van der Waals surface area contributed by atoms with Crippen molar-refractivity contribution in [2.75, 3.05) is 13.1 Å². The molecule has 2 amide bonds. The fourth-order valence-corrected chi connectivity index (χ4v) is 2.02. The van der Waals surface area contributed by atoms with E-state index >= 15 is 0 Å². The molecule has 0 aromatic carbocycles. The third-order valence-corrected chi connectivity index (χ3v) is 3.27. The van der Waals surface area contributed by atoms with Crippen molar-refractivity contribution in [3.8, 4) is 0 Å². The monoisotopic (exact) mass is 298 g/mol. The van der Waals surface area contributed by atoms with Crippen LogP contribution in [0.25, 0.3) is 0 Å². The molecule has 1 aliphatic rings. The summed E-state index contributed by atoms with van der Waals surface area (Å²) in [4.78, 5) is 23.7. The number of aliphatic hydroxyl groups is 1. The molecule has 1 heterocycles. The summed E-state index contributed by atoms with van der Waals surface area (Å²) >= 11 is 0. The second-order valence-electron chi connectivity index (χ2n) is 4.81. The largest absolute Gasteiger partial charge is 0.480 e. The molecule has 1 saturated heterocycles. The van der Waals surface area contributed by atoms with Crippen LogP contribution in [0, 0.1) is 5.92 Å². The van der Waals surface area contributed by atoms with E-state index in [4.69, 9.17) is 5.11 Å². The van der Waals surface area contributed by atoms with Gasteiger partial charge in [-0.3, -0.25) is 0 Å². The topological polar surface area (TPSA) is 89.9 Å². The van der Waals surface area contributed by atoms with Gasteiger partial charge in [0.2, 0.25) is 0 Å². The van der Waals surface area contributed by atoms with Crippen molar-refractivity contribution in [2.45, 2.75) is 38.1 Å². The zero-order valence-corrected chi connectivity index (χ0v) is 10.9. The number of piperidine rings is 1. The van der Waals surface area contributed by atoms with Gasteiger partial charge in [-0.1, -0.05) is 0 Å². The van der Waals surface area contributed by atoms with E-state index in [0.29, 0.717) is 0 Å². The summed E-state index contributed by atoms with van der Waals surface area (Å²) < 4.78 is 37.4. The molecule has 0 aromatic rings. The van der Waals surface area contributed by atoms with E-state index in [1.165, 1.54) is 6.92 Å². The van der Waals surface area contributed by atoms with Crippen molar-refractivity contribution in [1.29, 1.82) is 0 Å². The number of carboxylic acids is 1. The Labute approximate surface area is 113 Å². The lowest BCUT2D eigenvalue weighted by Crippen LogP contribution is -2.54. The Bertz CT molecular complexity index is 365. The van der Waals surface area contributed by atoms with Gasteiger partial charge in [-0.25, -0.2) is 9.59 Å². The highest BCUT2D eigenvalue weighted by Gasteiger charge is 2.42. The molecule has 116 valence electrons. The summed E-state index contributed by atoms with van der Waals surface area (Å²) in [6.07, 6.45) is -5.98. The number of carboxylic acid groups (broad SMARTS) is 1. The van der Waals surface area contributed by atoms with Crippen molar-refractivity contribution in [2.24, 2.45) is 5.92 Å². The molecule has 0 spiro atoms. The Morgan fingerprint density at radius 2 is 1.80 bits per heavy atom. The number of carbonyl (C=O) groups is 2. The fourth-order valence-electron chi connectivity index (χ4n) is 2.02. The molecule has 0 saturated carbocycles. The SMILES string of the molecule is CC(O)C(NC(=O)N1CCC(C(F)(F)F)CC1)C(=O)O. The maximum Gasteiger partial charge on any atom is 0.391 e. The molecule has 1 aliphatic heterocycles. The highest BCUT2D eigenvalue weighted by atomic mass is 19.4. The Kier molecular flexibility index (Phi) is 5.21. The lowest BCUT2D eigenvalue weighted by atomic mass is 9.96. The second-order valence-corrected chi connectivity index (χ2v) is 4.81. The molecule has 1 fully saturated rings. The van der Waals surface area contributed by atoms with E-state index in [2.05, 4.69) is 5.32 Å². The predicted molar refractivity (Wildman–Crippen MR) is 62.0 cm³/mol. The summed E-state index contributed by atoms with van der Waals surface area (Å²) in [5.41, 5.74) is 0. The molecular weight excluding hydrogens is 281 g/mol. The first-order chi connectivity index (χ1) is 9.12. The van der Waals surface area contributed by atoms with E-state index in [-0.39, 0.29) is 25.9 Å². The summed E-state index contributed by atoms with van der Waals surface area (Å²) in [5, 5.41) is 20.1. The zero-order chi connectivity index (χ0) is 15.5. The number of hydrogen-bond acceptors (Lipinski definition) is 3. The first-order valence-corrected chi connectivity index (χ1v) is 6.16. The number of aliphatic hydroxyl groups excluding tert-OH is 1. The Balaban J connectivity index is 2.53. The molecule has 6 nitrogen and oxygen atoms in total. The van der Waals surface area contributed by atoms with Crippen LogP contribution in [0.4, 0.5) is 18.0 Å². The minimum atomic E-state index is -4.27. The smallest absolute Gasteiger partial charge is 0.391 e. The standard InChI is InChI=1S/C11H17F3N2O4/c1-6(17)8(9(18)19)15-10(20)16-4-2-7(3-5-16)11(12,13)14/h6-8,17H,2-5H2,1H3,(H,15,20)(H,18,19). The minimum Gasteiger partial charge on any atom is -0.480 e. The predicted octanol–water partition coefficient (Wildman–Crippen LogP) is 0.804. The van der Waals surface area contributed by atoms with Gasteiger partial charge < -0.3 is 20.4 Å². The average Bonchev–Trinajstić information content (AvgIpc) is 2.34. The number of nitrogens with zero attached hydrogens (tertiary/aromatic N) is 1. The number of hydrogen-bond donors (Lipinski definition) is 3. The summed E-state index contributed by atoms with van der Waals surface area (Å²) in [6, 6.07) is -2.26. The van der Waals surface area contributed by atoms with E-state index in [1.54, 1.807) is 0 Å². The first-order valence-electron chi connectivity index (χ1n) is 6.16. The lowest BCUT2D eigenvalue weighted by molar-refractivity contribution is -0.183. The molecule has 0 bridgehead atoms. The summed E-state index contributed by atoms with van der Waals surface area (Å²) in [7, 11) is 0. The lowest BCUT2D eigenvalue weighted by Gasteiger charge is -2.33. The van der Waals surface area contributed by atoms with Gasteiger partial charge in [0.1, 0.15) is 0 Å². The molecule has 3 N–H and O–H groups in total. The molecule has 0 radical (unpaired) electrons. The van der Waals surface area contributed by atoms with E-state index in [0.717, 1.165) is 4.90 Å². The molecule has 2 unspecified atom stereocenters. The van der Waals surface area contributed by atoms with Gasteiger partial charge >= 0.3 is 18.2 Å². The van der Waals surface area contributed by atoms with Crippen molar-refractivity contribution >= 4 is 12.0 Å². The van der Waals surface area contributed by atoms with E-state index in [9.17, 15) is 27.9 Å². The molecule has 9 heteroatoms. The number of urea groups is 1. The molecule has 0 aromatic heterocycles. The number of likely N-dealkylation sites (tertiary alicyclic amines) is 1. The van der Waals surface area contributed by atoms with Crippen molar-refractivity contribution in [3.05, 3.63) is 0 Å². The number of rotatable bonds is 3. The first kappa shape index (κ1) is 16.5. The second kappa shape index (κ2) is 6.29. The zero-order valence-electron chi connectivity index (χ0n) is 10.9. The maximum absolute atomic E-state index is 12.5. The number of carbonyl (C=O) groups excluding carboxylic acids is 1. The highest BCUT2D eigenvalue weighted by Crippen LogP contribution is 2.34. The van der Waals surface area contributed by atoms with Crippen LogP contribution >= 0.6 is 0 Å². The van der Waals surface area contributed by atoms with Gasteiger partial charge in [0, 0.05) is 13.1 Å². The average molecular weight is 298 g/mol. The van der Waals surface area contributed by atoms with E-state index < -0.39 is 36.2 Å². The van der Waals surface area contributed by atoms with E-state index in [1.807, 2.05) is 0 Å². The highest BCUT2D eigenvalue weighted by molar-refractivity contribution is 5.83.